The van der Waals surface area contributed by atoms with Crippen molar-refractivity contribution < 1.29 is 5.11 Å². The molecule has 0 bridgehead atoms. The molecule has 0 amide bonds. The third-order valence-corrected chi connectivity index (χ3v) is 3.97. The number of rotatable bonds is 5. The molecule has 1 unspecified atom stereocenters. The Labute approximate surface area is 122 Å². The number of hydrogen-bond acceptors (Lipinski definition) is 1. The average molecular weight is 268 g/mol. The molecule has 0 saturated heterocycles. The summed E-state index contributed by atoms with van der Waals surface area (Å²) in [5.74, 6) is 0. The summed E-state index contributed by atoms with van der Waals surface area (Å²) in [4.78, 5) is 0. The highest BCUT2D eigenvalue weighted by Crippen LogP contribution is 2.17. The minimum Gasteiger partial charge on any atom is -0.393 e. The molecule has 0 saturated carbocycles. The van der Waals surface area contributed by atoms with E-state index in [2.05, 4.69) is 63.2 Å². The fraction of sp³-hybridized carbons (Fsp3) is 0.368. The van der Waals surface area contributed by atoms with Crippen LogP contribution in [0.25, 0.3) is 0 Å². The van der Waals surface area contributed by atoms with Crippen molar-refractivity contribution >= 4 is 0 Å². The summed E-state index contributed by atoms with van der Waals surface area (Å²) in [7, 11) is 0. The molecule has 20 heavy (non-hydrogen) atoms. The van der Waals surface area contributed by atoms with Crippen LogP contribution in [-0.2, 0) is 12.8 Å². The van der Waals surface area contributed by atoms with E-state index in [0.717, 1.165) is 19.3 Å². The summed E-state index contributed by atoms with van der Waals surface area (Å²) in [6.45, 7) is 6.34. The third kappa shape index (κ3) is 3.94. The Kier molecular flexibility index (Phi) is 4.97. The SMILES string of the molecule is Cc1ccc(CCC(O)Cc2c(C)cccc2C)cc1. The highest BCUT2D eigenvalue weighted by atomic mass is 16.3. The third-order valence-electron chi connectivity index (χ3n) is 3.97. The topological polar surface area (TPSA) is 20.2 Å². The Bertz CT molecular complexity index is 534. The normalized spacial score (nSPS) is 12.4. The van der Waals surface area contributed by atoms with Gasteiger partial charge in [0.05, 0.1) is 6.10 Å². The summed E-state index contributed by atoms with van der Waals surface area (Å²) < 4.78 is 0. The molecule has 0 aromatic heterocycles. The first-order valence-corrected chi connectivity index (χ1v) is 7.35. The quantitative estimate of drug-likeness (QED) is 0.863. The fourth-order valence-electron chi connectivity index (χ4n) is 2.60. The average Bonchev–Trinajstić information content (AvgIpc) is 2.42. The maximum Gasteiger partial charge on any atom is 0.0583 e. The highest BCUT2D eigenvalue weighted by molar-refractivity contribution is 5.34. The van der Waals surface area contributed by atoms with Crippen LogP contribution in [0.3, 0.4) is 0 Å². The van der Waals surface area contributed by atoms with Crippen molar-refractivity contribution in [3.63, 3.8) is 0 Å². The molecular formula is C19H24O. The van der Waals surface area contributed by atoms with E-state index < -0.39 is 0 Å². The first-order chi connectivity index (χ1) is 9.56. The Morgan fingerprint density at radius 2 is 1.50 bits per heavy atom. The number of aliphatic hydroxyl groups excluding tert-OH is 1. The van der Waals surface area contributed by atoms with Gasteiger partial charge in [-0.2, -0.15) is 0 Å². The molecule has 106 valence electrons. The first kappa shape index (κ1) is 14.8. The van der Waals surface area contributed by atoms with E-state index in [-0.39, 0.29) is 6.10 Å². The number of benzene rings is 2. The molecule has 1 atom stereocenters. The molecule has 1 heteroatoms. The van der Waals surface area contributed by atoms with Gasteiger partial charge in [0.15, 0.2) is 0 Å². The lowest BCUT2D eigenvalue weighted by Gasteiger charge is -2.15. The summed E-state index contributed by atoms with van der Waals surface area (Å²) >= 11 is 0. The highest BCUT2D eigenvalue weighted by Gasteiger charge is 2.10. The Balaban J connectivity index is 1.92. The second-order valence-electron chi connectivity index (χ2n) is 5.75. The van der Waals surface area contributed by atoms with E-state index in [4.69, 9.17) is 0 Å². The van der Waals surface area contributed by atoms with Crippen molar-refractivity contribution in [3.05, 3.63) is 70.3 Å². The smallest absolute Gasteiger partial charge is 0.0583 e. The summed E-state index contributed by atoms with van der Waals surface area (Å²) in [6.07, 6.45) is 2.24. The van der Waals surface area contributed by atoms with E-state index >= 15 is 0 Å². The minimum atomic E-state index is -0.267. The molecule has 0 aliphatic carbocycles. The van der Waals surface area contributed by atoms with E-state index in [1.807, 2.05) is 0 Å². The van der Waals surface area contributed by atoms with Crippen molar-refractivity contribution in [2.45, 2.75) is 46.1 Å². The summed E-state index contributed by atoms with van der Waals surface area (Å²) in [5.41, 5.74) is 6.43. The van der Waals surface area contributed by atoms with E-state index in [9.17, 15) is 5.11 Å². The predicted octanol–water partition coefficient (Wildman–Crippen LogP) is 4.15. The molecule has 0 aliphatic heterocycles. The van der Waals surface area contributed by atoms with E-state index in [1.165, 1.54) is 27.8 Å². The van der Waals surface area contributed by atoms with Gasteiger partial charge in [-0.25, -0.2) is 0 Å². The first-order valence-electron chi connectivity index (χ1n) is 7.35. The second kappa shape index (κ2) is 6.71. The molecule has 2 aromatic carbocycles. The lowest BCUT2D eigenvalue weighted by atomic mass is 9.95. The zero-order chi connectivity index (χ0) is 14.5. The number of aryl methyl sites for hydroxylation is 4. The van der Waals surface area contributed by atoms with Gasteiger partial charge in [0.1, 0.15) is 0 Å². The minimum absolute atomic E-state index is 0.267. The molecule has 0 heterocycles. The molecule has 0 aliphatic rings. The van der Waals surface area contributed by atoms with Gasteiger partial charge in [-0.1, -0.05) is 48.0 Å². The van der Waals surface area contributed by atoms with Crippen molar-refractivity contribution in [1.29, 1.82) is 0 Å². The fourth-order valence-corrected chi connectivity index (χ4v) is 2.60. The van der Waals surface area contributed by atoms with Crippen LogP contribution in [0.5, 0.6) is 0 Å². The van der Waals surface area contributed by atoms with Gasteiger partial charge < -0.3 is 5.11 Å². The van der Waals surface area contributed by atoms with Crippen molar-refractivity contribution in [2.24, 2.45) is 0 Å². The maximum atomic E-state index is 10.3. The second-order valence-corrected chi connectivity index (χ2v) is 5.75. The van der Waals surface area contributed by atoms with Crippen molar-refractivity contribution in [2.75, 3.05) is 0 Å². The molecule has 2 rings (SSSR count). The standard InChI is InChI=1S/C19H24O/c1-14-7-9-17(10-8-14)11-12-18(20)13-19-15(2)5-4-6-16(19)3/h4-10,18,20H,11-13H2,1-3H3. The van der Waals surface area contributed by atoms with Crippen LogP contribution in [0, 0.1) is 20.8 Å². The Hall–Kier alpha value is -1.60. The molecular weight excluding hydrogens is 244 g/mol. The van der Waals surface area contributed by atoms with Crippen LogP contribution < -0.4 is 0 Å². The summed E-state index contributed by atoms with van der Waals surface area (Å²) in [6, 6.07) is 14.9. The zero-order valence-corrected chi connectivity index (χ0v) is 12.7. The van der Waals surface area contributed by atoms with Gasteiger partial charge in [0, 0.05) is 0 Å². The lowest BCUT2D eigenvalue weighted by Crippen LogP contribution is -2.13. The van der Waals surface area contributed by atoms with Gasteiger partial charge in [-0.05, 0) is 62.3 Å². The molecule has 1 N–H and O–H groups in total. The van der Waals surface area contributed by atoms with Crippen LogP contribution in [0.4, 0.5) is 0 Å². The van der Waals surface area contributed by atoms with Crippen LogP contribution in [0.15, 0.2) is 42.5 Å². The van der Waals surface area contributed by atoms with Crippen molar-refractivity contribution in [1.82, 2.24) is 0 Å². The van der Waals surface area contributed by atoms with Gasteiger partial charge in [-0.3, -0.25) is 0 Å². The molecule has 2 aromatic rings. The molecule has 0 spiro atoms. The lowest BCUT2D eigenvalue weighted by molar-refractivity contribution is 0.165. The van der Waals surface area contributed by atoms with Crippen LogP contribution in [-0.4, -0.2) is 11.2 Å². The number of aliphatic hydroxyl groups is 1. The van der Waals surface area contributed by atoms with Crippen LogP contribution in [0.2, 0.25) is 0 Å². The van der Waals surface area contributed by atoms with E-state index in [1.54, 1.807) is 0 Å². The largest absolute Gasteiger partial charge is 0.393 e. The molecule has 0 radical (unpaired) electrons. The molecule has 1 nitrogen and oxygen atoms in total. The predicted molar refractivity (Wildman–Crippen MR) is 85.1 cm³/mol. The zero-order valence-electron chi connectivity index (χ0n) is 12.7. The van der Waals surface area contributed by atoms with Gasteiger partial charge in [-0.15, -0.1) is 0 Å². The van der Waals surface area contributed by atoms with Gasteiger partial charge >= 0.3 is 0 Å². The van der Waals surface area contributed by atoms with Gasteiger partial charge in [0.2, 0.25) is 0 Å². The van der Waals surface area contributed by atoms with Gasteiger partial charge in [0.25, 0.3) is 0 Å². The van der Waals surface area contributed by atoms with Crippen molar-refractivity contribution in [3.8, 4) is 0 Å². The van der Waals surface area contributed by atoms with Crippen LogP contribution in [0.1, 0.15) is 34.2 Å². The summed E-state index contributed by atoms with van der Waals surface area (Å²) in [5, 5.41) is 10.3. The Morgan fingerprint density at radius 1 is 0.900 bits per heavy atom. The Morgan fingerprint density at radius 3 is 2.10 bits per heavy atom. The maximum absolute atomic E-state index is 10.3. The monoisotopic (exact) mass is 268 g/mol. The number of hydrogen-bond donors (Lipinski definition) is 1. The van der Waals surface area contributed by atoms with Crippen LogP contribution >= 0.6 is 0 Å². The molecule has 0 fully saturated rings. The van der Waals surface area contributed by atoms with E-state index in [0.29, 0.717) is 0 Å².